The lowest BCUT2D eigenvalue weighted by molar-refractivity contribution is 0.404. The minimum Gasteiger partial charge on any atom is -0.179 e. The van der Waals surface area contributed by atoms with E-state index in [1.54, 1.807) is 0 Å². The van der Waals surface area contributed by atoms with Gasteiger partial charge in [-0.1, -0.05) is 13.3 Å². The van der Waals surface area contributed by atoms with E-state index >= 15 is 0 Å². The third-order valence-corrected chi connectivity index (χ3v) is 3.56. The standard InChI is InChI=1S/F3HN3P3/c1-5-7-4-8-6(2)9(5)3/h7H. The Labute approximate surface area is 52.4 Å². The highest BCUT2D eigenvalue weighted by Gasteiger charge is 2.00. The average molecular weight is 193 g/mol. The Kier molecular flexibility index (Phi) is 2.23. The number of aromatic nitrogens is 3. The molecule has 0 N–H and O–H groups in total. The van der Waals surface area contributed by atoms with Crippen LogP contribution in [0.1, 0.15) is 0 Å². The summed E-state index contributed by atoms with van der Waals surface area (Å²) in [5, 5.41) is 0. The summed E-state index contributed by atoms with van der Waals surface area (Å²) in [4.78, 5) is 0. The van der Waals surface area contributed by atoms with Crippen LogP contribution in [0.15, 0.2) is 0 Å². The summed E-state index contributed by atoms with van der Waals surface area (Å²) >= 11 is 0. The molecular formula is HF3N3P3. The van der Waals surface area contributed by atoms with Gasteiger partial charge in [0.1, 0.15) is 0 Å². The highest BCUT2D eigenvalue weighted by Crippen LogP contribution is 2.33. The molecule has 2 unspecified atom stereocenters. The van der Waals surface area contributed by atoms with Gasteiger partial charge in [-0.15, -0.1) is 8.51 Å². The summed E-state index contributed by atoms with van der Waals surface area (Å²) in [5.41, 5.74) is 0. The Hall–Kier alpha value is 0.0900. The molecule has 0 aliphatic rings. The van der Waals surface area contributed by atoms with Crippen LogP contribution in [0.3, 0.4) is 0 Å². The van der Waals surface area contributed by atoms with Gasteiger partial charge in [0.25, 0.3) is 8.16 Å². The SMILES string of the molecule is Fn1pn[pH]n(F)p1F. The molecule has 9 heavy (non-hydrogen) atoms. The lowest BCUT2D eigenvalue weighted by Crippen LogP contribution is -1.78. The zero-order chi connectivity index (χ0) is 6.85. The Morgan fingerprint density at radius 2 is 2.22 bits per heavy atom. The van der Waals surface area contributed by atoms with Gasteiger partial charge in [-0.05, 0) is 0 Å². The zero-order valence-corrected chi connectivity index (χ0v) is 6.66. The second kappa shape index (κ2) is 2.78. The summed E-state index contributed by atoms with van der Waals surface area (Å²) in [6, 6.07) is 0. The number of halogens is 3. The topological polar surface area (TPSA) is 22.8 Å². The fourth-order valence-corrected chi connectivity index (χ4v) is 3.06. The normalized spacial score (nSPS) is 13.4. The summed E-state index contributed by atoms with van der Waals surface area (Å²) in [5.74, 6) is 0. The molecule has 0 bridgehead atoms. The lowest BCUT2D eigenvalue weighted by Gasteiger charge is -1.94. The summed E-state index contributed by atoms with van der Waals surface area (Å²) < 4.78 is 38.7. The minimum absolute atomic E-state index is 0.138. The molecule has 52 valence electrons. The predicted octanol–water partition coefficient (Wildman–Crippen LogP) is 2.60. The van der Waals surface area contributed by atoms with Crippen LogP contribution in [0.4, 0.5) is 13.2 Å². The van der Waals surface area contributed by atoms with E-state index in [4.69, 9.17) is 0 Å². The van der Waals surface area contributed by atoms with Crippen molar-refractivity contribution in [3.8, 4) is 0 Å². The average Bonchev–Trinajstić information content (AvgIpc) is 1.83. The first-order valence-electron chi connectivity index (χ1n) is 1.75. The van der Waals surface area contributed by atoms with Gasteiger partial charge in [0, 0.05) is 0 Å². The van der Waals surface area contributed by atoms with Crippen molar-refractivity contribution in [3.63, 3.8) is 0 Å². The maximum absolute atomic E-state index is 12.1. The van der Waals surface area contributed by atoms with Crippen LogP contribution >= 0.6 is 25.2 Å². The molecule has 9 heteroatoms. The highest BCUT2D eigenvalue weighted by molar-refractivity contribution is 7.51. The maximum atomic E-state index is 12.1. The molecule has 0 aromatic carbocycles. The molecule has 0 radical (unpaired) electrons. The van der Waals surface area contributed by atoms with Crippen molar-refractivity contribution in [2.75, 3.05) is 0 Å². The molecule has 2 atom stereocenters. The van der Waals surface area contributed by atoms with E-state index in [1.165, 1.54) is 0 Å². The molecule has 1 rings (SSSR count). The van der Waals surface area contributed by atoms with Gasteiger partial charge in [0.05, 0.1) is 8.51 Å². The van der Waals surface area contributed by atoms with E-state index in [1.807, 2.05) is 0 Å². The lowest BCUT2D eigenvalue weighted by atomic mass is 13.7. The van der Waals surface area contributed by atoms with Gasteiger partial charge in [-0.3, -0.25) is 0 Å². The molecular weight excluding hydrogens is 192 g/mol. The van der Waals surface area contributed by atoms with Gasteiger partial charge in [0.15, 0.2) is 8.51 Å². The number of hydrogen-bond acceptors (Lipinski definition) is 1. The monoisotopic (exact) mass is 193 g/mol. The second-order valence-electron chi connectivity index (χ2n) is 1.03. The van der Waals surface area contributed by atoms with Crippen LogP contribution in [0.5, 0.6) is 0 Å². The summed E-state index contributed by atoms with van der Waals surface area (Å²) in [6.45, 7) is 0. The molecule has 0 saturated heterocycles. The summed E-state index contributed by atoms with van der Waals surface area (Å²) in [7, 11) is -3.62. The molecule has 1 aromatic heterocycles. The minimum atomic E-state index is -2.87. The largest absolute Gasteiger partial charge is 0.289 e. The van der Waals surface area contributed by atoms with Crippen molar-refractivity contribution in [1.82, 2.24) is 13.1 Å². The molecule has 1 aromatic rings. The molecule has 0 amide bonds. The van der Waals surface area contributed by atoms with Crippen molar-refractivity contribution in [1.29, 1.82) is 0 Å². The van der Waals surface area contributed by atoms with Gasteiger partial charge in [-0.25, -0.2) is 0 Å². The first-order valence-corrected chi connectivity index (χ1v) is 4.59. The Morgan fingerprint density at radius 1 is 1.56 bits per heavy atom. The van der Waals surface area contributed by atoms with Crippen LogP contribution < -0.4 is 0 Å². The van der Waals surface area contributed by atoms with Gasteiger partial charge < -0.3 is 0 Å². The van der Waals surface area contributed by atoms with Crippen molar-refractivity contribution < 1.29 is 13.2 Å². The Balaban J connectivity index is 3.25. The van der Waals surface area contributed by atoms with Gasteiger partial charge >= 0.3 is 0 Å². The second-order valence-corrected chi connectivity index (χ2v) is 4.83. The van der Waals surface area contributed by atoms with Crippen LogP contribution in [0, 0.1) is 0 Å². The Morgan fingerprint density at radius 3 is 2.67 bits per heavy atom. The number of nitrogens with zero attached hydrogens (tertiary/aromatic N) is 3. The van der Waals surface area contributed by atoms with E-state index in [0.717, 1.165) is 0 Å². The van der Waals surface area contributed by atoms with E-state index in [9.17, 15) is 13.2 Å². The first kappa shape index (κ1) is 7.20. The third-order valence-electron chi connectivity index (χ3n) is 0.527. The molecule has 0 aliphatic carbocycles. The van der Waals surface area contributed by atoms with E-state index < -0.39 is 16.7 Å². The van der Waals surface area contributed by atoms with Crippen molar-refractivity contribution >= 4 is 25.2 Å². The van der Waals surface area contributed by atoms with Crippen LogP contribution in [0.2, 0.25) is 0 Å². The molecule has 3 nitrogen and oxygen atoms in total. The molecule has 0 spiro atoms. The molecule has 1 heterocycles. The molecule has 0 fully saturated rings. The fourth-order valence-electron chi connectivity index (χ4n) is 0.229. The van der Waals surface area contributed by atoms with Gasteiger partial charge in [0.2, 0.25) is 0 Å². The number of hydrogen-bond donors (Lipinski definition) is 0. The Bertz CT molecular complexity index is 205. The van der Waals surface area contributed by atoms with Crippen molar-refractivity contribution in [3.05, 3.63) is 0 Å². The van der Waals surface area contributed by atoms with Crippen LogP contribution in [-0.4, -0.2) is 13.1 Å². The smallest absolute Gasteiger partial charge is 0.179 e. The van der Waals surface area contributed by atoms with E-state index in [0.29, 0.717) is 0 Å². The maximum Gasteiger partial charge on any atom is 0.289 e. The third kappa shape index (κ3) is 1.51. The van der Waals surface area contributed by atoms with E-state index in [2.05, 4.69) is 4.51 Å². The van der Waals surface area contributed by atoms with Crippen molar-refractivity contribution in [2.24, 2.45) is 0 Å². The summed E-state index contributed by atoms with van der Waals surface area (Å²) in [6.07, 6.45) is 0. The predicted molar refractivity (Wildman–Crippen MR) is 32.1 cm³/mol. The molecule has 0 saturated carbocycles. The first-order chi connectivity index (χ1) is 4.22. The van der Waals surface area contributed by atoms with Crippen LogP contribution in [0.25, 0.3) is 0 Å². The fraction of sp³-hybridized carbons (Fsp3) is 0. The van der Waals surface area contributed by atoms with E-state index in [-0.39, 0.29) is 17.1 Å². The highest BCUT2D eigenvalue weighted by atomic mass is 31.2. The number of rotatable bonds is 0. The molecule has 0 aliphatic heterocycles. The van der Waals surface area contributed by atoms with Crippen LogP contribution in [-0.2, 0) is 0 Å². The van der Waals surface area contributed by atoms with Gasteiger partial charge in [-0.2, -0.15) is 4.51 Å². The quantitative estimate of drug-likeness (QED) is 0.620. The zero-order valence-electron chi connectivity index (χ0n) is 3.87. The van der Waals surface area contributed by atoms with Crippen molar-refractivity contribution in [2.45, 2.75) is 0 Å².